The zero-order valence-electron chi connectivity index (χ0n) is 63.8. The highest BCUT2D eigenvalue weighted by molar-refractivity contribution is 6.13. The molecule has 0 saturated carbocycles. The van der Waals surface area contributed by atoms with E-state index in [9.17, 15) is 0 Å². The van der Waals surface area contributed by atoms with Gasteiger partial charge in [-0.3, -0.25) is 0 Å². The van der Waals surface area contributed by atoms with Crippen molar-refractivity contribution in [2.24, 2.45) is 0 Å². The first-order chi connectivity index (χ1) is 56.7. The molecule has 4 nitrogen and oxygen atoms in total. The van der Waals surface area contributed by atoms with Crippen LogP contribution >= 0.6 is 0 Å². The Morgan fingerprint density at radius 3 is 0.774 bits per heavy atom. The lowest BCUT2D eigenvalue weighted by Crippen LogP contribution is -2.16. The summed E-state index contributed by atoms with van der Waals surface area (Å²) in [5.41, 5.74) is 36.4. The van der Waals surface area contributed by atoms with Gasteiger partial charge in [0.25, 0.3) is 0 Å². The largest absolute Gasteiger partial charge is 0.455 e. The van der Waals surface area contributed by atoms with E-state index >= 15 is 0 Å². The van der Waals surface area contributed by atoms with E-state index in [4.69, 9.17) is 8.83 Å². The van der Waals surface area contributed by atoms with Crippen LogP contribution in [-0.4, -0.2) is 0 Å². The second-order valence-electron chi connectivity index (χ2n) is 30.3. The van der Waals surface area contributed by atoms with Crippen LogP contribution in [0.1, 0.15) is 25.0 Å². The molecule has 0 atom stereocenters. The Hall–Kier alpha value is -14.8. The molecule has 4 heteroatoms. The van der Waals surface area contributed by atoms with Gasteiger partial charge in [0.2, 0.25) is 0 Å². The molecule has 2 aromatic heterocycles. The SMILES string of the molecule is CC1(C)c2ccccc2-c2ccc(N(c3ccc(-c4ccccc4)cc3)c3ccc(-c4cc(-c5ccc(-c6ccccc6)cc5)cc5c4oc4ccccc45)cc3)cc21.c1ccc(-c2ccc(-c3cc(-c4ccc(N(c5ccc(-c6ccccc6)cc5)c5ccc(-c6ccccc6)cc5)cc4)c4oc5ccccc5c4c3)cc2)cc1. The molecule has 0 spiro atoms. The minimum absolute atomic E-state index is 0.112. The number of fused-ring (bicyclic) bond motifs is 9. The minimum atomic E-state index is -0.112. The van der Waals surface area contributed by atoms with Crippen molar-refractivity contribution in [3.8, 4) is 111 Å². The third-order valence-corrected chi connectivity index (χ3v) is 23.0. The first-order valence-corrected chi connectivity index (χ1v) is 39.5. The Kier molecular flexibility index (Phi) is 18.0. The summed E-state index contributed by atoms with van der Waals surface area (Å²) in [7, 11) is 0. The van der Waals surface area contributed by atoms with Gasteiger partial charge in [0, 0.05) is 72.2 Å². The fourth-order valence-electron chi connectivity index (χ4n) is 17.0. The average Bonchev–Trinajstić information content (AvgIpc) is 1.57. The van der Waals surface area contributed by atoms with Crippen LogP contribution in [0.25, 0.3) is 155 Å². The van der Waals surface area contributed by atoms with E-state index in [1.165, 1.54) is 89.0 Å². The Labute approximate surface area is 670 Å². The first-order valence-electron chi connectivity index (χ1n) is 39.5. The lowest BCUT2D eigenvalue weighted by Gasteiger charge is -2.28. The van der Waals surface area contributed by atoms with Crippen LogP contribution in [-0.2, 0) is 5.41 Å². The topological polar surface area (TPSA) is 32.8 Å². The number of hydrogen-bond donors (Lipinski definition) is 0. The molecular formula is C111H78N2O2. The van der Waals surface area contributed by atoms with Gasteiger partial charge in [-0.15, -0.1) is 0 Å². The summed E-state index contributed by atoms with van der Waals surface area (Å²) in [6.45, 7) is 4.69. The van der Waals surface area contributed by atoms with Gasteiger partial charge in [-0.1, -0.05) is 341 Å². The second kappa shape index (κ2) is 29.8. The van der Waals surface area contributed by atoms with Crippen molar-refractivity contribution in [3.63, 3.8) is 0 Å². The predicted molar refractivity (Wildman–Crippen MR) is 483 cm³/mol. The molecule has 0 bridgehead atoms. The zero-order valence-corrected chi connectivity index (χ0v) is 63.8. The quantitative estimate of drug-likeness (QED) is 0.102. The number of furan rings is 2. The average molecular weight is 1470 g/mol. The summed E-state index contributed by atoms with van der Waals surface area (Å²) in [6, 6.07) is 157. The van der Waals surface area contributed by atoms with E-state index in [1.54, 1.807) is 0 Å². The number of para-hydroxylation sites is 2. The Bertz CT molecular complexity index is 6800. The molecule has 0 aliphatic heterocycles. The standard InChI is InChI=1S/C57H41NO.C54H37NO/c1-57(2)53-19-11-9-17-48(53)49-34-33-47(37-54(49)57)58(45-29-25-41(26-30-45)39-15-7-4-8-16-39)46-31-27-43(28-32-46)51-35-44(36-52-50-18-10-12-20-55(50)59-56(51)52)42-23-21-40(22-24-42)38-13-5-3-6-14-38;1-4-12-38(13-5-1)41-20-22-44(23-21-41)46-36-51(54-52(37-46)50-18-10-11-19-53(50)56-54)45-28-34-49(35-29-45)55(47-30-24-42(25-31-47)39-14-6-2-7-15-39)48-32-26-43(27-33-48)40-16-8-3-9-17-40/h3-37H,1-2H3;1-37H. The highest BCUT2D eigenvalue weighted by Gasteiger charge is 2.36. The van der Waals surface area contributed by atoms with E-state index in [1.807, 2.05) is 12.1 Å². The number of hydrogen-bond acceptors (Lipinski definition) is 4. The van der Waals surface area contributed by atoms with E-state index in [0.29, 0.717) is 0 Å². The zero-order chi connectivity index (χ0) is 76.8. The van der Waals surface area contributed by atoms with Gasteiger partial charge in [0.15, 0.2) is 0 Å². The summed E-state index contributed by atoms with van der Waals surface area (Å²) in [4.78, 5) is 4.72. The summed E-state index contributed by atoms with van der Waals surface area (Å²) in [5, 5.41) is 4.47. The smallest absolute Gasteiger partial charge is 0.143 e. The van der Waals surface area contributed by atoms with Crippen molar-refractivity contribution < 1.29 is 8.83 Å². The molecular weight excluding hydrogens is 1390 g/mol. The molecule has 20 aromatic rings. The Morgan fingerprint density at radius 2 is 0.426 bits per heavy atom. The lowest BCUT2D eigenvalue weighted by molar-refractivity contribution is 0.660. The van der Waals surface area contributed by atoms with Crippen LogP contribution in [0.15, 0.2) is 446 Å². The molecule has 1 aliphatic carbocycles. The van der Waals surface area contributed by atoms with Crippen LogP contribution < -0.4 is 9.80 Å². The second-order valence-corrected chi connectivity index (χ2v) is 30.3. The van der Waals surface area contributed by atoms with Crippen LogP contribution in [0.3, 0.4) is 0 Å². The molecule has 0 saturated heterocycles. The van der Waals surface area contributed by atoms with E-state index in [-0.39, 0.29) is 5.41 Å². The van der Waals surface area contributed by atoms with Gasteiger partial charge in [-0.05, 0) is 220 Å². The highest BCUT2D eigenvalue weighted by Crippen LogP contribution is 2.52. The molecule has 0 fully saturated rings. The minimum Gasteiger partial charge on any atom is -0.455 e. The maximum Gasteiger partial charge on any atom is 0.143 e. The molecule has 18 aromatic carbocycles. The molecule has 1 aliphatic rings. The Balaban J connectivity index is 0.000000149. The van der Waals surface area contributed by atoms with Crippen molar-refractivity contribution in [1.82, 2.24) is 0 Å². The predicted octanol–water partition coefficient (Wildman–Crippen LogP) is 31.4. The summed E-state index contributed by atoms with van der Waals surface area (Å²) < 4.78 is 13.3. The molecule has 2 heterocycles. The highest BCUT2D eigenvalue weighted by atomic mass is 16.3. The number of anilines is 6. The van der Waals surface area contributed by atoms with E-state index in [2.05, 4.69) is 448 Å². The normalized spacial score (nSPS) is 12.0. The molecule has 0 unspecified atom stereocenters. The van der Waals surface area contributed by atoms with Crippen LogP contribution in [0.5, 0.6) is 0 Å². The third-order valence-electron chi connectivity index (χ3n) is 23.0. The van der Waals surface area contributed by atoms with Gasteiger partial charge >= 0.3 is 0 Å². The molecule has 0 radical (unpaired) electrons. The molecule has 115 heavy (non-hydrogen) atoms. The third kappa shape index (κ3) is 13.3. The lowest BCUT2D eigenvalue weighted by atomic mass is 9.82. The van der Waals surface area contributed by atoms with Gasteiger partial charge in [-0.25, -0.2) is 0 Å². The van der Waals surface area contributed by atoms with E-state index in [0.717, 1.165) is 111 Å². The molecule has 0 amide bonds. The van der Waals surface area contributed by atoms with Crippen molar-refractivity contribution in [3.05, 3.63) is 448 Å². The van der Waals surface area contributed by atoms with Crippen molar-refractivity contribution in [2.45, 2.75) is 19.3 Å². The van der Waals surface area contributed by atoms with Crippen molar-refractivity contribution >= 4 is 78.0 Å². The van der Waals surface area contributed by atoms with Crippen LogP contribution in [0.4, 0.5) is 34.1 Å². The summed E-state index contributed by atoms with van der Waals surface area (Å²) in [6.07, 6.45) is 0. The molecule has 21 rings (SSSR count). The fraction of sp³-hybridized carbons (Fsp3) is 0.0270. The van der Waals surface area contributed by atoms with Crippen LogP contribution in [0.2, 0.25) is 0 Å². The fourth-order valence-corrected chi connectivity index (χ4v) is 17.0. The van der Waals surface area contributed by atoms with Gasteiger partial charge in [-0.2, -0.15) is 0 Å². The summed E-state index contributed by atoms with van der Waals surface area (Å²) in [5.74, 6) is 0. The number of nitrogens with zero attached hydrogens (tertiary/aromatic N) is 2. The van der Waals surface area contributed by atoms with Gasteiger partial charge in [0.05, 0.1) is 0 Å². The number of benzene rings is 18. The van der Waals surface area contributed by atoms with E-state index < -0.39 is 0 Å². The summed E-state index contributed by atoms with van der Waals surface area (Å²) >= 11 is 0. The monoisotopic (exact) mass is 1470 g/mol. The Morgan fingerprint density at radius 1 is 0.174 bits per heavy atom. The van der Waals surface area contributed by atoms with Crippen molar-refractivity contribution in [2.75, 3.05) is 9.80 Å². The maximum atomic E-state index is 6.65. The number of rotatable bonds is 15. The van der Waals surface area contributed by atoms with Crippen LogP contribution in [0, 0.1) is 0 Å². The first kappa shape index (κ1) is 69.4. The van der Waals surface area contributed by atoms with Gasteiger partial charge in [0.1, 0.15) is 22.3 Å². The molecule has 0 N–H and O–H groups in total. The van der Waals surface area contributed by atoms with Gasteiger partial charge < -0.3 is 18.6 Å². The molecule has 544 valence electrons. The van der Waals surface area contributed by atoms with Crippen molar-refractivity contribution in [1.29, 1.82) is 0 Å². The maximum absolute atomic E-state index is 6.65.